The molecule has 1 aromatic carbocycles. The van der Waals surface area contributed by atoms with Gasteiger partial charge in [0.25, 0.3) is 0 Å². The first-order chi connectivity index (χ1) is 7.12. The van der Waals surface area contributed by atoms with Crippen molar-refractivity contribution in [2.45, 2.75) is 38.3 Å². The van der Waals surface area contributed by atoms with Crippen LogP contribution in [0.3, 0.4) is 0 Å². The van der Waals surface area contributed by atoms with Crippen LogP contribution in [-0.2, 0) is 11.3 Å². The summed E-state index contributed by atoms with van der Waals surface area (Å²) in [5.41, 5.74) is 1.75. The molecule has 2 atom stereocenters. The molecule has 1 saturated heterocycles. The Bertz CT molecular complexity index is 411. The van der Waals surface area contributed by atoms with E-state index in [-0.39, 0.29) is 24.4 Å². The van der Waals surface area contributed by atoms with E-state index in [9.17, 15) is 0 Å². The quantitative estimate of drug-likeness (QED) is 0.712. The van der Waals surface area contributed by atoms with E-state index in [1.165, 1.54) is 0 Å². The Kier molecular flexibility index (Phi) is 1.68. The van der Waals surface area contributed by atoms with Crippen molar-refractivity contribution < 1.29 is 14.6 Å². The summed E-state index contributed by atoms with van der Waals surface area (Å²) in [6.07, 6.45) is 0.328. The van der Waals surface area contributed by atoms with Crippen LogP contribution in [0.15, 0.2) is 18.2 Å². The van der Waals surface area contributed by atoms with Gasteiger partial charge < -0.3 is 14.6 Å². The standard InChI is InChI=1S/C12H14O3/c1-12(2)11-10(14-11)8-5-7(6-13)3-4-9(8)15-12/h3-5,10-11,13H,6H2,1-2H3. The molecule has 0 aliphatic carbocycles. The van der Waals surface area contributed by atoms with Gasteiger partial charge in [-0.2, -0.15) is 0 Å². The largest absolute Gasteiger partial charge is 0.485 e. The van der Waals surface area contributed by atoms with Crippen LogP contribution in [0, 0.1) is 0 Å². The molecule has 2 aliphatic rings. The maximum atomic E-state index is 9.06. The molecule has 0 bridgehead atoms. The summed E-state index contributed by atoms with van der Waals surface area (Å²) in [6.45, 7) is 4.15. The Hall–Kier alpha value is -1.06. The molecule has 0 saturated carbocycles. The van der Waals surface area contributed by atoms with E-state index in [1.807, 2.05) is 32.0 Å². The molecule has 1 fully saturated rings. The SMILES string of the molecule is CC1(C)Oc2ccc(CO)cc2C2OC21. The van der Waals surface area contributed by atoms with Crippen molar-refractivity contribution in [3.05, 3.63) is 29.3 Å². The Morgan fingerprint density at radius 3 is 2.93 bits per heavy atom. The number of hydrogen-bond donors (Lipinski definition) is 1. The molecule has 0 radical (unpaired) electrons. The highest BCUT2D eigenvalue weighted by Crippen LogP contribution is 2.53. The van der Waals surface area contributed by atoms with Crippen LogP contribution < -0.4 is 4.74 Å². The molecule has 3 nitrogen and oxygen atoms in total. The molecule has 0 spiro atoms. The molecule has 15 heavy (non-hydrogen) atoms. The fourth-order valence-electron chi connectivity index (χ4n) is 2.23. The smallest absolute Gasteiger partial charge is 0.132 e. The Morgan fingerprint density at radius 2 is 2.20 bits per heavy atom. The molecule has 3 rings (SSSR count). The summed E-state index contributed by atoms with van der Waals surface area (Å²) >= 11 is 0. The number of rotatable bonds is 1. The van der Waals surface area contributed by atoms with Gasteiger partial charge in [-0.15, -0.1) is 0 Å². The van der Waals surface area contributed by atoms with Crippen molar-refractivity contribution in [1.29, 1.82) is 0 Å². The van der Waals surface area contributed by atoms with Crippen LogP contribution in [-0.4, -0.2) is 16.8 Å². The van der Waals surface area contributed by atoms with Gasteiger partial charge in [0, 0.05) is 5.56 Å². The number of aliphatic hydroxyl groups excluding tert-OH is 1. The first-order valence-corrected chi connectivity index (χ1v) is 5.20. The predicted molar refractivity (Wildman–Crippen MR) is 54.7 cm³/mol. The Morgan fingerprint density at radius 1 is 1.40 bits per heavy atom. The van der Waals surface area contributed by atoms with Gasteiger partial charge in [0.1, 0.15) is 23.6 Å². The van der Waals surface area contributed by atoms with E-state index in [2.05, 4.69) is 0 Å². The van der Waals surface area contributed by atoms with E-state index in [4.69, 9.17) is 14.6 Å². The molecule has 0 amide bonds. The van der Waals surface area contributed by atoms with Crippen molar-refractivity contribution in [3.63, 3.8) is 0 Å². The lowest BCUT2D eigenvalue weighted by molar-refractivity contribution is 0.0725. The van der Waals surface area contributed by atoms with Crippen molar-refractivity contribution in [3.8, 4) is 5.75 Å². The van der Waals surface area contributed by atoms with Crippen LogP contribution in [0.1, 0.15) is 31.1 Å². The van der Waals surface area contributed by atoms with Crippen molar-refractivity contribution in [2.75, 3.05) is 0 Å². The first kappa shape index (κ1) is 9.19. The van der Waals surface area contributed by atoms with Gasteiger partial charge in [0.05, 0.1) is 6.61 Å². The maximum absolute atomic E-state index is 9.06. The second-order valence-electron chi connectivity index (χ2n) is 4.71. The zero-order valence-electron chi connectivity index (χ0n) is 8.86. The average Bonchev–Trinajstić information content (AvgIpc) is 2.97. The minimum Gasteiger partial charge on any atom is -0.485 e. The van der Waals surface area contributed by atoms with E-state index < -0.39 is 0 Å². The number of hydrogen-bond acceptors (Lipinski definition) is 3. The van der Waals surface area contributed by atoms with E-state index in [0.717, 1.165) is 16.9 Å². The summed E-state index contributed by atoms with van der Waals surface area (Å²) in [7, 11) is 0. The number of epoxide rings is 1. The van der Waals surface area contributed by atoms with Gasteiger partial charge in [-0.05, 0) is 31.5 Å². The lowest BCUT2D eigenvalue weighted by Crippen LogP contribution is -2.37. The third kappa shape index (κ3) is 1.27. The van der Waals surface area contributed by atoms with Gasteiger partial charge in [-0.3, -0.25) is 0 Å². The van der Waals surface area contributed by atoms with E-state index in [0.29, 0.717) is 0 Å². The van der Waals surface area contributed by atoms with Crippen LogP contribution in [0.25, 0.3) is 0 Å². The van der Waals surface area contributed by atoms with E-state index in [1.54, 1.807) is 0 Å². The minimum absolute atomic E-state index is 0.0636. The van der Waals surface area contributed by atoms with Crippen LogP contribution in [0.4, 0.5) is 0 Å². The van der Waals surface area contributed by atoms with Crippen LogP contribution in [0.2, 0.25) is 0 Å². The van der Waals surface area contributed by atoms with Crippen LogP contribution >= 0.6 is 0 Å². The molecule has 3 heteroatoms. The lowest BCUT2D eigenvalue weighted by atomic mass is 9.93. The lowest BCUT2D eigenvalue weighted by Gasteiger charge is -2.29. The molecule has 80 valence electrons. The Labute approximate surface area is 88.6 Å². The number of aliphatic hydroxyl groups is 1. The highest BCUT2D eigenvalue weighted by molar-refractivity contribution is 5.44. The number of fused-ring (bicyclic) bond motifs is 3. The third-order valence-corrected chi connectivity index (χ3v) is 3.11. The summed E-state index contributed by atoms with van der Waals surface area (Å²) in [5.74, 6) is 0.885. The molecule has 2 heterocycles. The average molecular weight is 206 g/mol. The number of benzene rings is 1. The van der Waals surface area contributed by atoms with Crippen molar-refractivity contribution >= 4 is 0 Å². The third-order valence-electron chi connectivity index (χ3n) is 3.11. The maximum Gasteiger partial charge on any atom is 0.132 e. The van der Waals surface area contributed by atoms with Gasteiger partial charge in [0.2, 0.25) is 0 Å². The zero-order chi connectivity index (χ0) is 10.6. The van der Waals surface area contributed by atoms with E-state index >= 15 is 0 Å². The summed E-state index contributed by atoms with van der Waals surface area (Å²) in [6, 6.07) is 5.77. The second-order valence-corrected chi connectivity index (χ2v) is 4.71. The highest BCUT2D eigenvalue weighted by atomic mass is 16.6. The molecule has 2 aliphatic heterocycles. The minimum atomic E-state index is -0.238. The molecule has 2 unspecified atom stereocenters. The fourth-order valence-corrected chi connectivity index (χ4v) is 2.23. The molecule has 1 N–H and O–H groups in total. The molecular formula is C12H14O3. The zero-order valence-corrected chi connectivity index (χ0v) is 8.86. The van der Waals surface area contributed by atoms with Gasteiger partial charge in [-0.25, -0.2) is 0 Å². The topological polar surface area (TPSA) is 42.0 Å². The summed E-state index contributed by atoms with van der Waals surface area (Å²) in [4.78, 5) is 0. The molecular weight excluding hydrogens is 192 g/mol. The van der Waals surface area contributed by atoms with Crippen LogP contribution in [0.5, 0.6) is 5.75 Å². The number of ether oxygens (including phenoxy) is 2. The highest BCUT2D eigenvalue weighted by Gasteiger charge is 2.56. The molecule has 0 aromatic heterocycles. The second kappa shape index (κ2) is 2.74. The monoisotopic (exact) mass is 206 g/mol. The summed E-state index contributed by atoms with van der Waals surface area (Å²) < 4.78 is 11.5. The predicted octanol–water partition coefficient (Wildman–Crippen LogP) is 1.79. The normalized spacial score (nSPS) is 30.1. The van der Waals surface area contributed by atoms with Crippen molar-refractivity contribution in [2.24, 2.45) is 0 Å². The molecule has 1 aromatic rings. The van der Waals surface area contributed by atoms with Crippen molar-refractivity contribution in [1.82, 2.24) is 0 Å². The fraction of sp³-hybridized carbons (Fsp3) is 0.500. The van der Waals surface area contributed by atoms with Gasteiger partial charge in [0.15, 0.2) is 0 Å². The first-order valence-electron chi connectivity index (χ1n) is 5.20. The van der Waals surface area contributed by atoms with Gasteiger partial charge in [-0.1, -0.05) is 6.07 Å². The Balaban J connectivity index is 2.05. The summed E-state index contributed by atoms with van der Waals surface area (Å²) in [5, 5.41) is 9.06. The van der Waals surface area contributed by atoms with Gasteiger partial charge >= 0.3 is 0 Å².